The van der Waals surface area contributed by atoms with Gasteiger partial charge in [0.2, 0.25) is 0 Å². The Morgan fingerprint density at radius 2 is 1.89 bits per heavy atom. The van der Waals surface area contributed by atoms with E-state index in [0.717, 1.165) is 34.3 Å². The monoisotopic (exact) mass is 278 g/mol. The summed E-state index contributed by atoms with van der Waals surface area (Å²) in [5.74, 6) is 0. The maximum atomic E-state index is 5.85. The number of aromatic nitrogens is 1. The number of benzene rings is 1. The third-order valence-corrected chi connectivity index (χ3v) is 3.71. The summed E-state index contributed by atoms with van der Waals surface area (Å²) in [7, 11) is 0. The Labute approximate surface area is 117 Å². The first-order valence-corrected chi connectivity index (χ1v) is 7.06. The van der Waals surface area contributed by atoms with Gasteiger partial charge in [-0.25, -0.2) is 4.98 Å². The average Bonchev–Trinajstić information content (AvgIpc) is 2.41. The highest BCUT2D eigenvalue weighted by molar-refractivity contribution is 7.99. The largest absolute Gasteiger partial charge is 0.330 e. The number of nitrogens with two attached hydrogens (primary N) is 1. The molecule has 2 N–H and O–H groups in total. The van der Waals surface area contributed by atoms with Crippen molar-refractivity contribution in [3.8, 4) is 0 Å². The zero-order valence-corrected chi connectivity index (χ0v) is 11.5. The number of rotatable bonds is 5. The van der Waals surface area contributed by atoms with E-state index in [2.05, 4.69) is 11.1 Å². The number of pyridine rings is 1. The van der Waals surface area contributed by atoms with E-state index in [1.807, 2.05) is 36.5 Å². The third-order valence-electron chi connectivity index (χ3n) is 2.50. The first-order chi connectivity index (χ1) is 8.78. The lowest BCUT2D eigenvalue weighted by atomic mass is 10.2. The van der Waals surface area contributed by atoms with Gasteiger partial charge in [0.1, 0.15) is 5.03 Å². The van der Waals surface area contributed by atoms with Crippen LogP contribution >= 0.6 is 23.4 Å². The maximum Gasteiger partial charge on any atom is 0.101 e. The van der Waals surface area contributed by atoms with E-state index in [-0.39, 0.29) is 0 Å². The minimum atomic E-state index is 0.723. The molecule has 0 saturated carbocycles. The van der Waals surface area contributed by atoms with Gasteiger partial charge >= 0.3 is 0 Å². The second-order valence-electron chi connectivity index (χ2n) is 3.95. The lowest BCUT2D eigenvalue weighted by molar-refractivity contribution is 0.825. The lowest BCUT2D eigenvalue weighted by Gasteiger charge is -2.03. The molecule has 2 rings (SSSR count). The van der Waals surface area contributed by atoms with Gasteiger partial charge in [0.25, 0.3) is 0 Å². The van der Waals surface area contributed by atoms with Crippen molar-refractivity contribution >= 4 is 23.4 Å². The molecule has 0 bridgehead atoms. The van der Waals surface area contributed by atoms with Gasteiger partial charge in [-0.15, -0.1) is 0 Å². The fourth-order valence-electron chi connectivity index (χ4n) is 1.55. The molecule has 0 fully saturated rings. The number of aryl methyl sites for hydroxylation is 1. The molecule has 0 atom stereocenters. The summed E-state index contributed by atoms with van der Waals surface area (Å²) in [5, 5.41) is 1.75. The fourth-order valence-corrected chi connectivity index (χ4v) is 2.43. The van der Waals surface area contributed by atoms with E-state index in [1.54, 1.807) is 11.8 Å². The minimum Gasteiger partial charge on any atom is -0.330 e. The van der Waals surface area contributed by atoms with Crippen molar-refractivity contribution in [3.05, 3.63) is 53.2 Å². The Hall–Kier alpha value is -1.03. The molecule has 1 heterocycles. The molecule has 1 aromatic heterocycles. The molecule has 0 unspecified atom stereocenters. The predicted octanol–water partition coefficient (Wildman–Crippen LogP) is 3.78. The first-order valence-electron chi connectivity index (χ1n) is 5.86. The SMILES string of the molecule is NCCCc1ccc(Sc2ccc(Cl)cc2)nc1. The molecule has 2 nitrogen and oxygen atoms in total. The second-order valence-corrected chi connectivity index (χ2v) is 5.48. The van der Waals surface area contributed by atoms with Gasteiger partial charge in [0.05, 0.1) is 0 Å². The summed E-state index contributed by atoms with van der Waals surface area (Å²) in [6.07, 6.45) is 3.93. The Morgan fingerprint density at radius 1 is 1.11 bits per heavy atom. The molecular weight excluding hydrogens is 264 g/mol. The van der Waals surface area contributed by atoms with Crippen molar-refractivity contribution in [3.63, 3.8) is 0 Å². The van der Waals surface area contributed by atoms with Gasteiger partial charge in [-0.2, -0.15) is 0 Å². The van der Waals surface area contributed by atoms with Gasteiger partial charge in [-0.3, -0.25) is 0 Å². The molecule has 0 aliphatic carbocycles. The molecule has 2 aromatic rings. The van der Waals surface area contributed by atoms with Crippen LogP contribution in [0.2, 0.25) is 5.02 Å². The van der Waals surface area contributed by atoms with E-state index in [4.69, 9.17) is 17.3 Å². The molecule has 0 spiro atoms. The zero-order valence-electron chi connectivity index (χ0n) is 9.97. The maximum absolute atomic E-state index is 5.85. The molecule has 0 radical (unpaired) electrons. The normalized spacial score (nSPS) is 10.6. The highest BCUT2D eigenvalue weighted by Gasteiger charge is 1.99. The van der Waals surface area contributed by atoms with Crippen LogP contribution < -0.4 is 5.73 Å². The van der Waals surface area contributed by atoms with Crippen LogP contribution in [-0.2, 0) is 6.42 Å². The average molecular weight is 279 g/mol. The summed E-state index contributed by atoms with van der Waals surface area (Å²) in [4.78, 5) is 5.58. The molecule has 94 valence electrons. The van der Waals surface area contributed by atoms with Crippen LogP contribution in [0.5, 0.6) is 0 Å². The number of nitrogens with zero attached hydrogens (tertiary/aromatic N) is 1. The molecule has 0 aliphatic heterocycles. The Bertz CT molecular complexity index is 482. The molecule has 18 heavy (non-hydrogen) atoms. The summed E-state index contributed by atoms with van der Waals surface area (Å²) in [5.41, 5.74) is 6.72. The topological polar surface area (TPSA) is 38.9 Å². The van der Waals surface area contributed by atoms with E-state index in [0.29, 0.717) is 0 Å². The standard InChI is InChI=1S/C14H15ClN2S/c15-12-4-6-13(7-5-12)18-14-8-3-11(10-17-14)2-1-9-16/h3-8,10H,1-2,9,16H2. The van der Waals surface area contributed by atoms with E-state index < -0.39 is 0 Å². The van der Waals surface area contributed by atoms with Crippen LogP contribution in [0.3, 0.4) is 0 Å². The number of halogens is 1. The fraction of sp³-hybridized carbons (Fsp3) is 0.214. The highest BCUT2D eigenvalue weighted by Crippen LogP contribution is 2.27. The molecule has 0 amide bonds. The highest BCUT2D eigenvalue weighted by atomic mass is 35.5. The van der Waals surface area contributed by atoms with E-state index in [9.17, 15) is 0 Å². The summed E-state index contributed by atoms with van der Waals surface area (Å²) in [6.45, 7) is 0.723. The summed E-state index contributed by atoms with van der Waals surface area (Å²) >= 11 is 7.48. The van der Waals surface area contributed by atoms with Gasteiger partial charge in [-0.05, 0) is 55.3 Å². The number of hydrogen-bond donors (Lipinski definition) is 1. The summed E-state index contributed by atoms with van der Waals surface area (Å²) in [6, 6.07) is 11.9. The molecule has 4 heteroatoms. The van der Waals surface area contributed by atoms with Crippen molar-refractivity contribution in [1.29, 1.82) is 0 Å². The Morgan fingerprint density at radius 3 is 2.50 bits per heavy atom. The van der Waals surface area contributed by atoms with Gasteiger partial charge in [0.15, 0.2) is 0 Å². The Balaban J connectivity index is 1.99. The van der Waals surface area contributed by atoms with E-state index in [1.165, 1.54) is 5.56 Å². The first kappa shape index (κ1) is 13.4. The van der Waals surface area contributed by atoms with Crippen LogP contribution in [0.25, 0.3) is 0 Å². The van der Waals surface area contributed by atoms with Gasteiger partial charge in [0, 0.05) is 16.1 Å². The van der Waals surface area contributed by atoms with Crippen LogP contribution in [0.15, 0.2) is 52.5 Å². The van der Waals surface area contributed by atoms with Crippen LogP contribution in [-0.4, -0.2) is 11.5 Å². The second kappa shape index (κ2) is 6.78. The minimum absolute atomic E-state index is 0.723. The number of hydrogen-bond acceptors (Lipinski definition) is 3. The van der Waals surface area contributed by atoms with Gasteiger partial charge in [-0.1, -0.05) is 29.4 Å². The van der Waals surface area contributed by atoms with Crippen molar-refractivity contribution in [2.75, 3.05) is 6.54 Å². The van der Waals surface area contributed by atoms with Crippen molar-refractivity contribution in [2.45, 2.75) is 22.8 Å². The Kier molecular flexibility index (Phi) is 5.05. The van der Waals surface area contributed by atoms with Crippen LogP contribution in [0.1, 0.15) is 12.0 Å². The van der Waals surface area contributed by atoms with E-state index >= 15 is 0 Å². The molecule has 0 saturated heterocycles. The molecular formula is C14H15ClN2S. The predicted molar refractivity (Wildman–Crippen MR) is 77.2 cm³/mol. The lowest BCUT2D eigenvalue weighted by Crippen LogP contribution is -2.00. The van der Waals surface area contributed by atoms with Crippen LogP contribution in [0, 0.1) is 0 Å². The quantitative estimate of drug-likeness (QED) is 0.905. The smallest absolute Gasteiger partial charge is 0.101 e. The molecule has 1 aromatic carbocycles. The van der Waals surface area contributed by atoms with Gasteiger partial charge < -0.3 is 5.73 Å². The van der Waals surface area contributed by atoms with Crippen LogP contribution in [0.4, 0.5) is 0 Å². The summed E-state index contributed by atoms with van der Waals surface area (Å²) < 4.78 is 0. The van der Waals surface area contributed by atoms with Crippen molar-refractivity contribution in [2.24, 2.45) is 5.73 Å². The third kappa shape index (κ3) is 4.02. The zero-order chi connectivity index (χ0) is 12.8. The van der Waals surface area contributed by atoms with Crippen molar-refractivity contribution < 1.29 is 0 Å². The molecule has 0 aliphatic rings. The van der Waals surface area contributed by atoms with Crippen molar-refractivity contribution in [1.82, 2.24) is 4.98 Å².